The van der Waals surface area contributed by atoms with Crippen LogP contribution in [0.15, 0.2) is 58.2 Å². The Balaban J connectivity index is 1.76. The smallest absolute Gasteiger partial charge is 0.248 e. The van der Waals surface area contributed by atoms with Gasteiger partial charge in [-0.3, -0.25) is 9.59 Å². The highest BCUT2D eigenvalue weighted by Gasteiger charge is 2.19. The largest absolute Gasteiger partial charge is 0.326 e. The van der Waals surface area contributed by atoms with E-state index in [1.54, 1.807) is 38.1 Å². The molecule has 0 saturated carbocycles. The minimum absolute atomic E-state index is 0.114. The number of fused-ring (bicyclic) bond motifs is 1. The average Bonchev–Trinajstić information content (AvgIpc) is 2.67. The summed E-state index contributed by atoms with van der Waals surface area (Å²) in [5, 5.41) is 3.29. The number of carbonyl (C=O) groups excluding carboxylic acids is 1. The molecule has 2 aromatic carbocycles. The van der Waals surface area contributed by atoms with Crippen LogP contribution in [0.1, 0.15) is 44.7 Å². The third-order valence-corrected chi connectivity index (χ3v) is 7.19. The van der Waals surface area contributed by atoms with Crippen LogP contribution in [0.2, 0.25) is 0 Å². The lowest BCUT2D eigenvalue weighted by molar-refractivity contribution is -0.115. The number of anilines is 1. The number of sulfone groups is 1. The Morgan fingerprint density at radius 3 is 2.27 bits per heavy atom. The molecule has 3 rings (SSSR count). The molecule has 1 aromatic heterocycles. The molecule has 0 aliphatic carbocycles. The summed E-state index contributed by atoms with van der Waals surface area (Å²) in [6, 6.07) is 13.4. The minimum atomic E-state index is -3.33. The number of pyridine rings is 1. The van der Waals surface area contributed by atoms with Crippen LogP contribution in [-0.4, -0.2) is 24.6 Å². The number of hydrogen-bond acceptors (Lipinski definition) is 4. The molecular weight excluding hydrogens is 400 g/mol. The van der Waals surface area contributed by atoms with E-state index in [1.165, 1.54) is 12.1 Å². The molecule has 6 nitrogen and oxygen atoms in total. The van der Waals surface area contributed by atoms with E-state index in [2.05, 4.69) is 10.3 Å². The number of aromatic nitrogens is 1. The summed E-state index contributed by atoms with van der Waals surface area (Å²) in [7, 11) is -3.33. The van der Waals surface area contributed by atoms with E-state index in [1.807, 2.05) is 26.0 Å². The molecule has 7 heteroatoms. The van der Waals surface area contributed by atoms with Crippen molar-refractivity contribution in [3.63, 3.8) is 0 Å². The zero-order chi connectivity index (χ0) is 22.1. The van der Waals surface area contributed by atoms with E-state index in [0.717, 1.165) is 10.9 Å². The van der Waals surface area contributed by atoms with Crippen molar-refractivity contribution in [3.8, 4) is 0 Å². The quantitative estimate of drug-likeness (QED) is 0.622. The Kier molecular flexibility index (Phi) is 6.12. The van der Waals surface area contributed by atoms with Crippen LogP contribution in [0.3, 0.4) is 0 Å². The van der Waals surface area contributed by atoms with Crippen molar-refractivity contribution in [2.45, 2.75) is 50.2 Å². The first kappa shape index (κ1) is 21.8. The first-order chi connectivity index (χ1) is 14.1. The van der Waals surface area contributed by atoms with Crippen molar-refractivity contribution in [1.82, 2.24) is 4.98 Å². The first-order valence-corrected chi connectivity index (χ1v) is 11.4. The van der Waals surface area contributed by atoms with Gasteiger partial charge in [0.1, 0.15) is 0 Å². The zero-order valence-electron chi connectivity index (χ0n) is 17.5. The highest BCUT2D eigenvalue weighted by Crippen LogP contribution is 2.25. The summed E-state index contributed by atoms with van der Waals surface area (Å²) in [5.74, 6) is -0.0195. The highest BCUT2D eigenvalue weighted by molar-refractivity contribution is 7.92. The average molecular weight is 427 g/mol. The van der Waals surface area contributed by atoms with Gasteiger partial charge in [-0.1, -0.05) is 32.0 Å². The summed E-state index contributed by atoms with van der Waals surface area (Å²) < 4.78 is 24.4. The molecule has 0 saturated heterocycles. The van der Waals surface area contributed by atoms with Crippen LogP contribution in [0, 0.1) is 0 Å². The van der Waals surface area contributed by atoms with Gasteiger partial charge in [0.15, 0.2) is 9.84 Å². The normalized spacial score (nSPS) is 11.9. The van der Waals surface area contributed by atoms with Gasteiger partial charge < -0.3 is 10.3 Å². The molecule has 0 aliphatic rings. The van der Waals surface area contributed by atoms with Crippen LogP contribution < -0.4 is 10.9 Å². The monoisotopic (exact) mass is 426 g/mol. The molecular formula is C23H26N2O4S. The fourth-order valence-electron chi connectivity index (χ4n) is 3.30. The van der Waals surface area contributed by atoms with Gasteiger partial charge in [0.05, 0.1) is 22.1 Å². The lowest BCUT2D eigenvalue weighted by Crippen LogP contribution is -2.16. The Morgan fingerprint density at radius 2 is 1.67 bits per heavy atom. The van der Waals surface area contributed by atoms with Crippen molar-refractivity contribution < 1.29 is 13.2 Å². The number of rotatable bonds is 6. The Bertz CT molecular complexity index is 1240. The summed E-state index contributed by atoms with van der Waals surface area (Å²) in [4.78, 5) is 27.5. The van der Waals surface area contributed by atoms with Crippen molar-refractivity contribution in [2.24, 2.45) is 0 Å². The van der Waals surface area contributed by atoms with Gasteiger partial charge in [0.25, 0.3) is 0 Å². The molecule has 30 heavy (non-hydrogen) atoms. The highest BCUT2D eigenvalue weighted by atomic mass is 32.2. The molecule has 158 valence electrons. The van der Waals surface area contributed by atoms with Crippen molar-refractivity contribution in [1.29, 1.82) is 0 Å². The maximum absolute atomic E-state index is 12.4. The second-order valence-electron chi connectivity index (χ2n) is 7.97. The maximum Gasteiger partial charge on any atom is 0.248 e. The standard InChI is InChI=1S/C23H26N2O4S/c1-14(2)20-13-23(27)25-21-12-17(7-10-19(20)21)24-22(26)11-16-5-8-18(9-6-16)30(28,29)15(3)4/h5-10,12-15H,11H2,1-4H3,(H,24,26)(H,25,27). The molecule has 1 heterocycles. The molecule has 0 atom stereocenters. The predicted octanol–water partition coefficient (Wildman–Crippen LogP) is 4.01. The van der Waals surface area contributed by atoms with E-state index >= 15 is 0 Å². The van der Waals surface area contributed by atoms with Gasteiger partial charge in [-0.05, 0) is 55.2 Å². The SMILES string of the molecule is CC(C)c1cc(=O)[nH]c2cc(NC(=O)Cc3ccc(S(=O)(=O)C(C)C)cc3)ccc12. The van der Waals surface area contributed by atoms with E-state index in [-0.39, 0.29) is 28.7 Å². The number of nitrogens with one attached hydrogen (secondary N) is 2. The van der Waals surface area contributed by atoms with E-state index in [4.69, 9.17) is 0 Å². The molecule has 0 bridgehead atoms. The predicted molar refractivity (Wildman–Crippen MR) is 120 cm³/mol. The lowest BCUT2D eigenvalue weighted by atomic mass is 9.99. The van der Waals surface area contributed by atoms with Crippen molar-refractivity contribution in [3.05, 3.63) is 70.0 Å². The zero-order valence-corrected chi connectivity index (χ0v) is 18.3. The van der Waals surface area contributed by atoms with Crippen molar-refractivity contribution in [2.75, 3.05) is 5.32 Å². The molecule has 0 radical (unpaired) electrons. The van der Waals surface area contributed by atoms with Gasteiger partial charge in [-0.25, -0.2) is 8.42 Å². The third-order valence-electron chi connectivity index (χ3n) is 5.02. The molecule has 1 amide bonds. The Labute approximate surface area is 176 Å². The van der Waals surface area contributed by atoms with Gasteiger partial charge in [0, 0.05) is 17.1 Å². The number of H-pyrrole nitrogens is 1. The second-order valence-corrected chi connectivity index (χ2v) is 10.5. The fraction of sp³-hybridized carbons (Fsp3) is 0.304. The van der Waals surface area contributed by atoms with Crippen LogP contribution in [0.5, 0.6) is 0 Å². The van der Waals surface area contributed by atoms with Crippen LogP contribution in [0.4, 0.5) is 5.69 Å². The fourth-order valence-corrected chi connectivity index (χ4v) is 4.36. The van der Waals surface area contributed by atoms with Crippen LogP contribution in [-0.2, 0) is 21.1 Å². The molecule has 0 aliphatic heterocycles. The van der Waals surface area contributed by atoms with E-state index in [9.17, 15) is 18.0 Å². The Hall–Kier alpha value is -2.93. The minimum Gasteiger partial charge on any atom is -0.326 e. The second kappa shape index (κ2) is 8.44. The lowest BCUT2D eigenvalue weighted by Gasteiger charge is -2.12. The van der Waals surface area contributed by atoms with Crippen molar-refractivity contribution >= 4 is 32.3 Å². The van der Waals surface area contributed by atoms with Gasteiger partial charge >= 0.3 is 0 Å². The molecule has 3 aromatic rings. The van der Waals surface area contributed by atoms with Crippen LogP contribution in [0.25, 0.3) is 10.9 Å². The summed E-state index contributed by atoms with van der Waals surface area (Å²) in [5.41, 5.74) is 2.76. The Morgan fingerprint density at radius 1 is 1.00 bits per heavy atom. The topological polar surface area (TPSA) is 96.1 Å². The van der Waals surface area contributed by atoms with Gasteiger partial charge in [-0.15, -0.1) is 0 Å². The number of aromatic amines is 1. The summed E-state index contributed by atoms with van der Waals surface area (Å²) in [6.45, 7) is 7.33. The van der Waals surface area contributed by atoms with Gasteiger partial charge in [-0.2, -0.15) is 0 Å². The molecule has 2 N–H and O–H groups in total. The third kappa shape index (κ3) is 4.62. The first-order valence-electron chi connectivity index (χ1n) is 9.87. The van der Waals surface area contributed by atoms with E-state index in [0.29, 0.717) is 16.8 Å². The maximum atomic E-state index is 12.4. The number of hydrogen-bond donors (Lipinski definition) is 2. The van der Waals surface area contributed by atoms with Crippen LogP contribution >= 0.6 is 0 Å². The number of benzene rings is 2. The number of amides is 1. The summed E-state index contributed by atoms with van der Waals surface area (Å²) >= 11 is 0. The molecule has 0 unspecified atom stereocenters. The number of carbonyl (C=O) groups is 1. The molecule has 0 spiro atoms. The summed E-state index contributed by atoms with van der Waals surface area (Å²) in [6.07, 6.45) is 0.114. The molecule has 0 fully saturated rings. The van der Waals surface area contributed by atoms with Gasteiger partial charge in [0.2, 0.25) is 11.5 Å². The van der Waals surface area contributed by atoms with E-state index < -0.39 is 15.1 Å².